The van der Waals surface area contributed by atoms with Crippen LogP contribution in [0.15, 0.2) is 12.2 Å². The maximum absolute atomic E-state index is 12.7. The summed E-state index contributed by atoms with van der Waals surface area (Å²) in [6.45, 7) is 18.4. The predicted molar refractivity (Wildman–Crippen MR) is 117 cm³/mol. The first kappa shape index (κ1) is 23.2. The van der Waals surface area contributed by atoms with Gasteiger partial charge < -0.3 is 0 Å². The van der Waals surface area contributed by atoms with Gasteiger partial charge in [0.25, 0.3) is 11.8 Å². The van der Waals surface area contributed by atoms with Crippen molar-refractivity contribution in [2.24, 2.45) is 47.3 Å². The molecule has 0 spiro atoms. The molecule has 1 heterocycles. The minimum absolute atomic E-state index is 0.0623. The zero-order valence-electron chi connectivity index (χ0n) is 19.4. The Morgan fingerprint density at radius 3 is 1.18 bits per heavy atom. The van der Waals surface area contributed by atoms with Gasteiger partial charge in [-0.2, -0.15) is 0 Å². The summed E-state index contributed by atoms with van der Waals surface area (Å²) in [6.07, 6.45) is 7.56. The maximum atomic E-state index is 12.7. The van der Waals surface area contributed by atoms with Crippen LogP contribution < -0.4 is 0 Å². The lowest BCUT2D eigenvalue weighted by Gasteiger charge is -2.35. The molecule has 0 aromatic rings. The lowest BCUT2D eigenvalue weighted by Crippen LogP contribution is -2.47. The lowest BCUT2D eigenvalue weighted by atomic mass is 9.75. The molecule has 0 saturated heterocycles. The summed E-state index contributed by atoms with van der Waals surface area (Å²) >= 11 is 0. The number of rotatable bonds is 9. The predicted octanol–water partition coefficient (Wildman–Crippen LogP) is 5.94. The van der Waals surface area contributed by atoms with Crippen molar-refractivity contribution in [3.05, 3.63) is 12.2 Å². The lowest BCUT2D eigenvalue weighted by molar-refractivity contribution is -0.142. The van der Waals surface area contributed by atoms with E-state index in [4.69, 9.17) is 0 Å². The first-order valence-electron chi connectivity index (χ1n) is 11.6. The molecule has 3 heteroatoms. The summed E-state index contributed by atoms with van der Waals surface area (Å²) in [6, 6.07) is 0.0623. The Bertz CT molecular complexity index is 527. The highest BCUT2D eigenvalue weighted by Crippen LogP contribution is 2.53. The fraction of sp³-hybridized carbons (Fsp3) is 0.840. The van der Waals surface area contributed by atoms with Gasteiger partial charge in [0.05, 0.1) is 0 Å². The Morgan fingerprint density at radius 1 is 0.607 bits per heavy atom. The van der Waals surface area contributed by atoms with Crippen molar-refractivity contribution in [3.8, 4) is 0 Å². The molecule has 4 atom stereocenters. The van der Waals surface area contributed by atoms with Gasteiger partial charge in [-0.05, 0) is 73.0 Å². The zero-order chi connectivity index (χ0) is 21.2. The molecule has 0 bridgehead atoms. The summed E-state index contributed by atoms with van der Waals surface area (Å²) in [7, 11) is 0. The molecule has 2 rings (SSSR count). The minimum atomic E-state index is -0.0917. The molecule has 0 radical (unpaired) electrons. The fourth-order valence-corrected chi connectivity index (χ4v) is 6.05. The molecule has 0 N–H and O–H groups in total. The Kier molecular flexibility index (Phi) is 7.93. The van der Waals surface area contributed by atoms with Crippen molar-refractivity contribution < 1.29 is 9.59 Å². The molecule has 0 aromatic heterocycles. The third kappa shape index (κ3) is 5.27. The Hall–Kier alpha value is -1.12. The van der Waals surface area contributed by atoms with Gasteiger partial charge in [0, 0.05) is 18.2 Å². The van der Waals surface area contributed by atoms with Gasteiger partial charge in [0.1, 0.15) is 0 Å². The first-order valence-corrected chi connectivity index (χ1v) is 11.6. The van der Waals surface area contributed by atoms with E-state index in [1.54, 1.807) is 4.90 Å². The van der Waals surface area contributed by atoms with Crippen LogP contribution in [0, 0.1) is 47.3 Å². The summed E-state index contributed by atoms with van der Waals surface area (Å²) in [5.74, 6) is 4.26. The second-order valence-electron chi connectivity index (χ2n) is 11.0. The highest BCUT2D eigenvalue weighted by atomic mass is 16.2. The van der Waals surface area contributed by atoms with E-state index >= 15 is 0 Å². The van der Waals surface area contributed by atoms with E-state index in [1.807, 2.05) is 0 Å². The standard InChI is InChI=1S/C25H43NO2/c1-15(2)11-19-20(12-16(3)4)22(14-18(7)8)25(21(19)13-17(5)6)26-23(27)9-10-24(26)28/h9-10,15-22,25H,11-14H2,1-8H3/t19-,20-,21-,22-/m0/s1. The van der Waals surface area contributed by atoms with E-state index in [9.17, 15) is 9.59 Å². The smallest absolute Gasteiger partial charge is 0.253 e. The number of carbonyl (C=O) groups excluding carboxylic acids is 2. The number of amides is 2. The van der Waals surface area contributed by atoms with Gasteiger partial charge in [0.15, 0.2) is 0 Å². The van der Waals surface area contributed by atoms with E-state index in [1.165, 1.54) is 25.0 Å². The van der Waals surface area contributed by atoms with Crippen molar-refractivity contribution in [3.63, 3.8) is 0 Å². The highest BCUT2D eigenvalue weighted by Gasteiger charge is 2.54. The van der Waals surface area contributed by atoms with Crippen molar-refractivity contribution >= 4 is 11.8 Å². The van der Waals surface area contributed by atoms with Crippen LogP contribution in [0.3, 0.4) is 0 Å². The van der Waals surface area contributed by atoms with Crippen molar-refractivity contribution in [1.29, 1.82) is 0 Å². The highest BCUT2D eigenvalue weighted by molar-refractivity contribution is 6.13. The monoisotopic (exact) mass is 389 g/mol. The fourth-order valence-electron chi connectivity index (χ4n) is 6.05. The minimum Gasteiger partial charge on any atom is -0.272 e. The summed E-state index contributed by atoms with van der Waals surface area (Å²) in [5, 5.41) is 0. The second-order valence-corrected chi connectivity index (χ2v) is 11.0. The van der Waals surface area contributed by atoms with Crippen LogP contribution in [-0.4, -0.2) is 22.8 Å². The molecule has 1 aliphatic carbocycles. The van der Waals surface area contributed by atoms with Crippen LogP contribution in [0.2, 0.25) is 0 Å². The largest absolute Gasteiger partial charge is 0.272 e. The third-order valence-corrected chi connectivity index (χ3v) is 6.64. The zero-order valence-corrected chi connectivity index (χ0v) is 19.4. The van der Waals surface area contributed by atoms with E-state index in [0.717, 1.165) is 12.8 Å². The van der Waals surface area contributed by atoms with E-state index in [-0.39, 0.29) is 17.9 Å². The molecule has 0 unspecified atom stereocenters. The summed E-state index contributed by atoms with van der Waals surface area (Å²) in [5.41, 5.74) is 0. The van der Waals surface area contributed by atoms with E-state index in [0.29, 0.717) is 47.3 Å². The molecule has 160 valence electrons. The quantitative estimate of drug-likeness (QED) is 0.457. The topological polar surface area (TPSA) is 37.4 Å². The van der Waals surface area contributed by atoms with Crippen LogP contribution in [0.1, 0.15) is 81.1 Å². The second kappa shape index (κ2) is 9.59. The molecule has 3 nitrogen and oxygen atoms in total. The number of hydrogen-bond acceptors (Lipinski definition) is 2. The third-order valence-electron chi connectivity index (χ3n) is 6.64. The van der Waals surface area contributed by atoms with Crippen LogP contribution in [0.25, 0.3) is 0 Å². The molecule has 1 fully saturated rings. The van der Waals surface area contributed by atoms with Crippen LogP contribution in [-0.2, 0) is 9.59 Å². The molecule has 1 saturated carbocycles. The normalized spacial score (nSPS) is 30.9. The molecule has 1 aliphatic heterocycles. The molecule has 0 aromatic carbocycles. The molecular weight excluding hydrogens is 346 g/mol. The maximum Gasteiger partial charge on any atom is 0.253 e. The SMILES string of the molecule is CC(C)C[C@H]1[C@H](CC(C)C)[C@H](CC(C)C)C(N2C(=O)C=CC2=O)[C@H]1CC(C)C. The van der Waals surface area contributed by atoms with Crippen molar-refractivity contribution in [2.75, 3.05) is 0 Å². The number of nitrogens with zero attached hydrogens (tertiary/aromatic N) is 1. The first-order chi connectivity index (χ1) is 13.0. The van der Waals surface area contributed by atoms with Crippen LogP contribution in [0.5, 0.6) is 0 Å². The Balaban J connectivity index is 2.52. The van der Waals surface area contributed by atoms with Crippen LogP contribution in [0.4, 0.5) is 0 Å². The van der Waals surface area contributed by atoms with Gasteiger partial charge in [0.2, 0.25) is 0 Å². The van der Waals surface area contributed by atoms with Gasteiger partial charge in [-0.1, -0.05) is 55.4 Å². The van der Waals surface area contributed by atoms with Gasteiger partial charge in [-0.25, -0.2) is 0 Å². The Morgan fingerprint density at radius 2 is 0.893 bits per heavy atom. The summed E-state index contributed by atoms with van der Waals surface area (Å²) in [4.78, 5) is 27.1. The van der Waals surface area contributed by atoms with Crippen LogP contribution >= 0.6 is 0 Å². The molecular formula is C25H43NO2. The Labute approximate surface area is 173 Å². The number of hydrogen-bond donors (Lipinski definition) is 0. The van der Waals surface area contributed by atoms with E-state index < -0.39 is 0 Å². The number of carbonyl (C=O) groups is 2. The van der Waals surface area contributed by atoms with E-state index in [2.05, 4.69) is 55.4 Å². The number of imide groups is 1. The van der Waals surface area contributed by atoms with Gasteiger partial charge >= 0.3 is 0 Å². The van der Waals surface area contributed by atoms with Gasteiger partial charge in [-0.3, -0.25) is 14.5 Å². The van der Waals surface area contributed by atoms with Gasteiger partial charge in [-0.15, -0.1) is 0 Å². The molecule has 2 aliphatic rings. The average molecular weight is 390 g/mol. The molecule has 2 amide bonds. The van der Waals surface area contributed by atoms with Crippen molar-refractivity contribution in [2.45, 2.75) is 87.1 Å². The summed E-state index contributed by atoms with van der Waals surface area (Å²) < 4.78 is 0. The van der Waals surface area contributed by atoms with Crippen molar-refractivity contribution in [1.82, 2.24) is 4.90 Å². The average Bonchev–Trinajstić information content (AvgIpc) is 2.98. The molecule has 28 heavy (non-hydrogen) atoms.